The number of aliphatic carboxylic acids is 1. The van der Waals surface area contributed by atoms with E-state index >= 15 is 0 Å². The molecule has 0 radical (unpaired) electrons. The molecule has 0 fully saturated rings. The van der Waals surface area contributed by atoms with Crippen LogP contribution in [0.3, 0.4) is 0 Å². The first kappa shape index (κ1) is 26.3. The third-order valence-corrected chi connectivity index (χ3v) is 5.88. The van der Waals surface area contributed by atoms with Crippen molar-refractivity contribution >= 4 is 5.97 Å². The Balaban J connectivity index is 1.82. The molecular formula is C28H17F5N2O3. The van der Waals surface area contributed by atoms with E-state index in [9.17, 15) is 36.8 Å². The van der Waals surface area contributed by atoms with Gasteiger partial charge in [-0.15, -0.1) is 0 Å². The van der Waals surface area contributed by atoms with E-state index in [1.807, 2.05) is 0 Å². The Morgan fingerprint density at radius 3 is 2.00 bits per heavy atom. The molecule has 0 unspecified atom stereocenters. The monoisotopic (exact) mass is 524 g/mol. The minimum atomic E-state index is -5.00. The quantitative estimate of drug-likeness (QED) is 0.313. The zero-order valence-corrected chi connectivity index (χ0v) is 19.4. The smallest absolute Gasteiger partial charge is 0.417 e. The van der Waals surface area contributed by atoms with Crippen molar-refractivity contribution in [3.05, 3.63) is 117 Å². The van der Waals surface area contributed by atoms with Gasteiger partial charge in [-0.2, -0.15) is 18.4 Å². The molecule has 0 bridgehead atoms. The lowest BCUT2D eigenvalue weighted by atomic mass is 9.99. The van der Waals surface area contributed by atoms with Crippen molar-refractivity contribution in [2.24, 2.45) is 0 Å². The molecule has 1 aromatic heterocycles. The van der Waals surface area contributed by atoms with Gasteiger partial charge in [0.25, 0.3) is 5.56 Å². The predicted molar refractivity (Wildman–Crippen MR) is 128 cm³/mol. The van der Waals surface area contributed by atoms with Gasteiger partial charge in [0.15, 0.2) is 0 Å². The van der Waals surface area contributed by atoms with E-state index in [0.717, 1.165) is 16.7 Å². The molecule has 0 atom stereocenters. The van der Waals surface area contributed by atoms with Crippen molar-refractivity contribution in [1.29, 1.82) is 5.26 Å². The van der Waals surface area contributed by atoms with Gasteiger partial charge in [-0.25, -0.2) is 8.78 Å². The van der Waals surface area contributed by atoms with Crippen LogP contribution in [0.2, 0.25) is 0 Å². The van der Waals surface area contributed by atoms with Crippen LogP contribution in [-0.4, -0.2) is 15.6 Å². The van der Waals surface area contributed by atoms with Crippen LogP contribution in [0.4, 0.5) is 22.0 Å². The number of rotatable bonds is 6. The summed E-state index contributed by atoms with van der Waals surface area (Å²) < 4.78 is 69.8. The summed E-state index contributed by atoms with van der Waals surface area (Å²) in [4.78, 5) is 23.9. The molecule has 192 valence electrons. The minimum Gasteiger partial charge on any atom is -0.481 e. The number of carboxylic acid groups (broad SMARTS) is 1. The van der Waals surface area contributed by atoms with Crippen molar-refractivity contribution in [1.82, 2.24) is 4.57 Å². The summed E-state index contributed by atoms with van der Waals surface area (Å²) in [7, 11) is 0. The van der Waals surface area contributed by atoms with Crippen LogP contribution in [0, 0.1) is 23.0 Å². The topological polar surface area (TPSA) is 83.1 Å². The second-order valence-electron chi connectivity index (χ2n) is 8.40. The fourth-order valence-corrected chi connectivity index (χ4v) is 4.02. The van der Waals surface area contributed by atoms with Gasteiger partial charge in [-0.1, -0.05) is 54.6 Å². The number of carboxylic acids is 1. The van der Waals surface area contributed by atoms with Crippen molar-refractivity contribution in [3.8, 4) is 28.5 Å². The molecule has 0 aliphatic heterocycles. The number of hydrogen-bond donors (Lipinski definition) is 1. The molecule has 0 aliphatic rings. The third-order valence-electron chi connectivity index (χ3n) is 5.88. The lowest BCUT2D eigenvalue weighted by Gasteiger charge is -2.18. The van der Waals surface area contributed by atoms with Gasteiger partial charge in [0, 0.05) is 11.6 Å². The first-order valence-electron chi connectivity index (χ1n) is 11.1. The van der Waals surface area contributed by atoms with E-state index in [-0.39, 0.29) is 23.2 Å². The Morgan fingerprint density at radius 2 is 1.47 bits per heavy atom. The molecule has 3 aromatic carbocycles. The molecule has 0 spiro atoms. The second-order valence-corrected chi connectivity index (χ2v) is 8.40. The Bertz CT molecular complexity index is 1620. The summed E-state index contributed by atoms with van der Waals surface area (Å²) in [6, 6.07) is 17.4. The summed E-state index contributed by atoms with van der Waals surface area (Å²) in [6.07, 6.45) is -5.15. The first-order chi connectivity index (χ1) is 18.0. The molecule has 38 heavy (non-hydrogen) atoms. The van der Waals surface area contributed by atoms with Crippen molar-refractivity contribution in [2.75, 3.05) is 0 Å². The molecule has 1 N–H and O–H groups in total. The molecule has 4 rings (SSSR count). The van der Waals surface area contributed by atoms with E-state index in [1.54, 1.807) is 36.4 Å². The number of hydrogen-bond acceptors (Lipinski definition) is 3. The highest BCUT2D eigenvalue weighted by Crippen LogP contribution is 2.34. The van der Waals surface area contributed by atoms with Gasteiger partial charge in [0.1, 0.15) is 23.3 Å². The number of alkyl halides is 3. The summed E-state index contributed by atoms with van der Waals surface area (Å²) >= 11 is 0. The number of aromatic nitrogens is 1. The molecule has 0 saturated carbocycles. The van der Waals surface area contributed by atoms with E-state index in [1.165, 1.54) is 18.2 Å². The van der Waals surface area contributed by atoms with Crippen molar-refractivity contribution in [3.63, 3.8) is 0 Å². The van der Waals surface area contributed by atoms with Crippen LogP contribution in [0.5, 0.6) is 0 Å². The van der Waals surface area contributed by atoms with Gasteiger partial charge in [0.2, 0.25) is 0 Å². The fourth-order valence-electron chi connectivity index (χ4n) is 4.02. The van der Waals surface area contributed by atoms with Gasteiger partial charge in [-0.05, 0) is 34.4 Å². The summed E-state index contributed by atoms with van der Waals surface area (Å²) in [5.41, 5.74) is -2.04. The first-order valence-corrected chi connectivity index (χ1v) is 11.1. The molecule has 10 heteroatoms. The Hall–Kier alpha value is -4.78. The molecule has 1 heterocycles. The summed E-state index contributed by atoms with van der Waals surface area (Å²) in [5, 5.41) is 18.2. The molecule has 5 nitrogen and oxygen atoms in total. The predicted octanol–water partition coefficient (Wildman–Crippen LogP) is 6.03. The normalized spacial score (nSPS) is 11.3. The molecular weight excluding hydrogens is 507 g/mol. The number of carbonyl (C=O) groups is 1. The summed E-state index contributed by atoms with van der Waals surface area (Å²) in [6.45, 7) is -0.542. The largest absolute Gasteiger partial charge is 0.481 e. The molecule has 0 amide bonds. The third kappa shape index (κ3) is 5.47. The second kappa shape index (κ2) is 10.3. The highest BCUT2D eigenvalue weighted by atomic mass is 19.4. The van der Waals surface area contributed by atoms with Crippen molar-refractivity contribution < 1.29 is 31.9 Å². The number of halogens is 5. The van der Waals surface area contributed by atoms with E-state index in [4.69, 9.17) is 5.11 Å². The fraction of sp³-hybridized carbons (Fsp3) is 0.107. The highest BCUT2D eigenvalue weighted by Gasteiger charge is 2.36. The van der Waals surface area contributed by atoms with E-state index in [2.05, 4.69) is 0 Å². The van der Waals surface area contributed by atoms with Crippen LogP contribution < -0.4 is 5.56 Å². The van der Waals surface area contributed by atoms with Crippen LogP contribution in [-0.2, 0) is 23.9 Å². The standard InChI is InChI=1S/C28H17F5N2O3/c29-21-10-9-20(24(30)12-21)15-35-25(13-23(28(31,32)33)22(14-34)27(35)38)19-7-5-18(6-8-19)17-3-1-16(2-4-17)11-26(36)37/h1-10,12-13H,11,15H2,(H,36,37). The van der Waals surface area contributed by atoms with Crippen LogP contribution >= 0.6 is 0 Å². The molecule has 0 aliphatic carbocycles. The van der Waals surface area contributed by atoms with Gasteiger partial charge < -0.3 is 9.67 Å². The van der Waals surface area contributed by atoms with E-state index in [0.29, 0.717) is 28.8 Å². The zero-order chi connectivity index (χ0) is 27.6. The number of benzene rings is 3. The van der Waals surface area contributed by atoms with Crippen LogP contribution in [0.1, 0.15) is 22.3 Å². The minimum absolute atomic E-state index is 0.147. The number of nitriles is 1. The average Bonchev–Trinajstić information content (AvgIpc) is 2.86. The Labute approximate surface area is 212 Å². The van der Waals surface area contributed by atoms with Crippen molar-refractivity contribution in [2.45, 2.75) is 19.1 Å². The zero-order valence-electron chi connectivity index (χ0n) is 19.4. The lowest BCUT2D eigenvalue weighted by Crippen LogP contribution is -2.29. The summed E-state index contributed by atoms with van der Waals surface area (Å²) in [5.74, 6) is -2.84. The highest BCUT2D eigenvalue weighted by molar-refractivity contribution is 5.72. The maximum Gasteiger partial charge on any atom is 0.417 e. The Kier molecular flexibility index (Phi) is 7.12. The molecule has 0 saturated heterocycles. The lowest BCUT2D eigenvalue weighted by molar-refractivity contribution is -0.138. The number of pyridine rings is 1. The Morgan fingerprint density at radius 1 is 0.895 bits per heavy atom. The van der Waals surface area contributed by atoms with Crippen LogP contribution in [0.15, 0.2) is 77.6 Å². The molecule has 4 aromatic rings. The number of nitrogens with zero attached hydrogens (tertiary/aromatic N) is 2. The SMILES string of the molecule is N#Cc1c(C(F)(F)F)cc(-c2ccc(-c3ccc(CC(=O)O)cc3)cc2)n(Cc2ccc(F)cc2F)c1=O. The maximum absolute atomic E-state index is 14.4. The van der Waals surface area contributed by atoms with Gasteiger partial charge in [-0.3, -0.25) is 9.59 Å². The van der Waals surface area contributed by atoms with Crippen LogP contribution in [0.25, 0.3) is 22.4 Å². The van der Waals surface area contributed by atoms with Gasteiger partial charge in [0.05, 0.1) is 24.2 Å². The maximum atomic E-state index is 14.4. The van der Waals surface area contributed by atoms with Gasteiger partial charge >= 0.3 is 12.1 Å². The van der Waals surface area contributed by atoms with E-state index < -0.39 is 47.0 Å². The average molecular weight is 524 g/mol.